The number of carbonyl (C=O) groups excluding carboxylic acids is 1. The highest BCUT2D eigenvalue weighted by Crippen LogP contribution is 1.82. The van der Waals surface area contributed by atoms with Crippen molar-refractivity contribution in [2.45, 2.75) is 13.3 Å². The Kier molecular flexibility index (Phi) is 7.70. The Morgan fingerprint density at radius 3 is 2.00 bits per heavy atom. The maximum absolute atomic E-state index is 9.99. The van der Waals surface area contributed by atoms with E-state index >= 15 is 0 Å². The van der Waals surface area contributed by atoms with Crippen LogP contribution < -0.4 is 0 Å². The van der Waals surface area contributed by atoms with Crippen LogP contribution in [0.2, 0.25) is 0 Å². The molecule has 0 bridgehead atoms. The SMILES string of the molecule is CC(=O)CCS.c1ccncc1. The topological polar surface area (TPSA) is 30.0 Å². The summed E-state index contributed by atoms with van der Waals surface area (Å²) in [5.74, 6) is 0.889. The van der Waals surface area contributed by atoms with E-state index in [1.807, 2.05) is 18.2 Å². The van der Waals surface area contributed by atoms with E-state index < -0.39 is 0 Å². The molecule has 12 heavy (non-hydrogen) atoms. The van der Waals surface area contributed by atoms with Gasteiger partial charge in [0, 0.05) is 18.8 Å². The van der Waals surface area contributed by atoms with E-state index in [2.05, 4.69) is 17.6 Å². The Hall–Kier alpha value is -0.830. The van der Waals surface area contributed by atoms with E-state index in [9.17, 15) is 4.79 Å². The van der Waals surface area contributed by atoms with Crippen LogP contribution in [0, 0.1) is 0 Å². The van der Waals surface area contributed by atoms with Gasteiger partial charge < -0.3 is 0 Å². The van der Waals surface area contributed by atoms with Gasteiger partial charge in [-0.1, -0.05) is 6.07 Å². The minimum absolute atomic E-state index is 0.213. The normalized spacial score (nSPS) is 8.17. The predicted molar refractivity (Wildman–Crippen MR) is 53.4 cm³/mol. The average Bonchev–Trinajstić information content (AvgIpc) is 2.08. The van der Waals surface area contributed by atoms with Crippen LogP contribution in [-0.2, 0) is 4.79 Å². The van der Waals surface area contributed by atoms with Gasteiger partial charge in [-0.15, -0.1) is 0 Å². The highest BCUT2D eigenvalue weighted by Gasteiger charge is 1.84. The molecular weight excluding hydrogens is 170 g/mol. The maximum Gasteiger partial charge on any atom is 0.130 e. The molecule has 1 aromatic rings. The van der Waals surface area contributed by atoms with Gasteiger partial charge in [0.05, 0.1) is 0 Å². The Balaban J connectivity index is 0.000000202. The van der Waals surface area contributed by atoms with Crippen molar-refractivity contribution in [3.63, 3.8) is 0 Å². The summed E-state index contributed by atoms with van der Waals surface area (Å²) in [7, 11) is 0. The minimum atomic E-state index is 0.213. The molecule has 0 spiro atoms. The van der Waals surface area contributed by atoms with Crippen LogP contribution in [0.25, 0.3) is 0 Å². The van der Waals surface area contributed by atoms with Crippen LogP contribution in [0.1, 0.15) is 13.3 Å². The highest BCUT2D eigenvalue weighted by atomic mass is 32.1. The molecule has 0 fully saturated rings. The molecule has 0 aliphatic rings. The van der Waals surface area contributed by atoms with Crippen molar-refractivity contribution in [1.29, 1.82) is 0 Å². The fraction of sp³-hybridized carbons (Fsp3) is 0.333. The van der Waals surface area contributed by atoms with Gasteiger partial charge >= 0.3 is 0 Å². The summed E-state index contributed by atoms with van der Waals surface area (Å²) in [5.41, 5.74) is 0. The standard InChI is InChI=1S/C5H5N.C4H8OS/c1-2-4-6-5-3-1;1-4(5)2-3-6/h1-5H;6H,2-3H2,1H3. The number of hydrogen-bond donors (Lipinski definition) is 1. The van der Waals surface area contributed by atoms with E-state index in [1.165, 1.54) is 0 Å². The first kappa shape index (κ1) is 11.2. The third-order valence-electron chi connectivity index (χ3n) is 1.03. The number of hydrogen-bond acceptors (Lipinski definition) is 3. The molecule has 0 saturated carbocycles. The van der Waals surface area contributed by atoms with Crippen LogP contribution in [0.15, 0.2) is 30.6 Å². The molecule has 1 aromatic heterocycles. The van der Waals surface area contributed by atoms with Crippen LogP contribution >= 0.6 is 12.6 Å². The summed E-state index contributed by atoms with van der Waals surface area (Å²) in [6.45, 7) is 1.57. The largest absolute Gasteiger partial charge is 0.300 e. The smallest absolute Gasteiger partial charge is 0.130 e. The lowest BCUT2D eigenvalue weighted by atomic mass is 10.4. The van der Waals surface area contributed by atoms with Gasteiger partial charge in [0.1, 0.15) is 5.78 Å². The number of aromatic nitrogens is 1. The van der Waals surface area contributed by atoms with E-state index in [4.69, 9.17) is 0 Å². The number of carbonyl (C=O) groups is 1. The van der Waals surface area contributed by atoms with Crippen LogP contribution in [0.3, 0.4) is 0 Å². The first-order valence-corrected chi connectivity index (χ1v) is 4.36. The van der Waals surface area contributed by atoms with Crippen LogP contribution in [-0.4, -0.2) is 16.5 Å². The monoisotopic (exact) mass is 183 g/mol. The molecule has 0 radical (unpaired) electrons. The lowest BCUT2D eigenvalue weighted by Gasteiger charge is -1.80. The first-order valence-electron chi connectivity index (χ1n) is 3.72. The van der Waals surface area contributed by atoms with Crippen molar-refractivity contribution in [3.05, 3.63) is 30.6 Å². The number of thiol groups is 1. The second-order valence-electron chi connectivity index (χ2n) is 2.20. The molecule has 0 N–H and O–H groups in total. The number of rotatable bonds is 2. The molecule has 1 rings (SSSR count). The summed E-state index contributed by atoms with van der Waals surface area (Å²) in [4.78, 5) is 13.8. The summed E-state index contributed by atoms with van der Waals surface area (Å²) >= 11 is 3.84. The Bertz CT molecular complexity index is 174. The van der Waals surface area contributed by atoms with Crippen molar-refractivity contribution in [2.24, 2.45) is 0 Å². The second-order valence-corrected chi connectivity index (χ2v) is 2.65. The lowest BCUT2D eigenvalue weighted by molar-refractivity contribution is -0.116. The summed E-state index contributed by atoms with van der Waals surface area (Å²) < 4.78 is 0. The molecule has 0 unspecified atom stereocenters. The number of pyridine rings is 1. The minimum Gasteiger partial charge on any atom is -0.300 e. The molecule has 0 aliphatic heterocycles. The van der Waals surface area contributed by atoms with E-state index in [0.29, 0.717) is 12.2 Å². The van der Waals surface area contributed by atoms with Crippen molar-refractivity contribution in [2.75, 3.05) is 5.75 Å². The molecule has 3 heteroatoms. The number of ketones is 1. The van der Waals surface area contributed by atoms with E-state index in [0.717, 1.165) is 0 Å². The molecule has 2 nitrogen and oxygen atoms in total. The van der Waals surface area contributed by atoms with Crippen molar-refractivity contribution < 1.29 is 4.79 Å². The average molecular weight is 183 g/mol. The molecule has 0 saturated heterocycles. The predicted octanol–water partition coefficient (Wildman–Crippen LogP) is 1.98. The van der Waals surface area contributed by atoms with Crippen LogP contribution in [0.5, 0.6) is 0 Å². The fourth-order valence-electron chi connectivity index (χ4n) is 0.470. The first-order chi connectivity index (χ1) is 5.77. The molecule has 0 amide bonds. The van der Waals surface area contributed by atoms with Crippen molar-refractivity contribution in [1.82, 2.24) is 4.98 Å². The van der Waals surface area contributed by atoms with Gasteiger partial charge in [-0.2, -0.15) is 12.6 Å². The van der Waals surface area contributed by atoms with E-state index in [1.54, 1.807) is 19.3 Å². The van der Waals surface area contributed by atoms with Crippen molar-refractivity contribution >= 4 is 18.4 Å². The highest BCUT2D eigenvalue weighted by molar-refractivity contribution is 7.80. The van der Waals surface area contributed by atoms with Gasteiger partial charge in [-0.25, -0.2) is 0 Å². The summed E-state index contributed by atoms with van der Waals surface area (Å²) in [6, 6.07) is 5.72. The summed E-state index contributed by atoms with van der Waals surface area (Å²) in [5, 5.41) is 0. The van der Waals surface area contributed by atoms with Gasteiger partial charge in [-0.05, 0) is 24.8 Å². The molecule has 0 atom stereocenters. The second kappa shape index (κ2) is 8.27. The molecule has 1 heterocycles. The number of Topliss-reactive ketones (excluding diaryl/α,β-unsaturated/α-hetero) is 1. The third kappa shape index (κ3) is 9.17. The third-order valence-corrected chi connectivity index (χ3v) is 1.25. The van der Waals surface area contributed by atoms with Gasteiger partial charge in [0.25, 0.3) is 0 Å². The lowest BCUT2D eigenvalue weighted by Crippen LogP contribution is -1.87. The zero-order chi connectivity index (χ0) is 9.23. The quantitative estimate of drug-likeness (QED) is 0.710. The molecule has 66 valence electrons. The molecular formula is C9H13NOS. The molecule has 0 aliphatic carbocycles. The fourth-order valence-corrected chi connectivity index (χ4v) is 0.785. The van der Waals surface area contributed by atoms with E-state index in [-0.39, 0.29) is 5.78 Å². The van der Waals surface area contributed by atoms with Gasteiger partial charge in [0.2, 0.25) is 0 Å². The van der Waals surface area contributed by atoms with Gasteiger partial charge in [-0.3, -0.25) is 9.78 Å². The zero-order valence-corrected chi connectivity index (χ0v) is 8.00. The number of nitrogens with zero attached hydrogens (tertiary/aromatic N) is 1. The van der Waals surface area contributed by atoms with Crippen LogP contribution in [0.4, 0.5) is 0 Å². The van der Waals surface area contributed by atoms with Crippen molar-refractivity contribution in [3.8, 4) is 0 Å². The zero-order valence-electron chi connectivity index (χ0n) is 7.10. The Morgan fingerprint density at radius 2 is 1.92 bits per heavy atom. The maximum atomic E-state index is 9.99. The van der Waals surface area contributed by atoms with Gasteiger partial charge in [0.15, 0.2) is 0 Å². The molecule has 0 aromatic carbocycles. The Labute approximate surface area is 78.4 Å². The Morgan fingerprint density at radius 1 is 1.33 bits per heavy atom. The summed E-state index contributed by atoms with van der Waals surface area (Å²) in [6.07, 6.45) is 4.10.